The summed E-state index contributed by atoms with van der Waals surface area (Å²) in [6, 6.07) is 9.68. The van der Waals surface area contributed by atoms with Crippen molar-refractivity contribution < 1.29 is 4.74 Å². The van der Waals surface area contributed by atoms with Crippen molar-refractivity contribution in [2.75, 3.05) is 7.05 Å². The molecule has 0 saturated carbocycles. The Bertz CT molecular complexity index is 905. The van der Waals surface area contributed by atoms with E-state index in [-0.39, 0.29) is 43.3 Å². The maximum Gasteiger partial charge on any atom is 0.233 e. The first-order valence-electron chi connectivity index (χ1n) is 9.04. The van der Waals surface area contributed by atoms with Gasteiger partial charge in [0.25, 0.3) is 0 Å². The van der Waals surface area contributed by atoms with Gasteiger partial charge in [-0.1, -0.05) is 6.07 Å². The zero-order valence-corrected chi connectivity index (χ0v) is 18.0. The Balaban J connectivity index is 0.000000934. The molecule has 0 aliphatic carbocycles. The van der Waals surface area contributed by atoms with Gasteiger partial charge in [0.1, 0.15) is 6.10 Å². The van der Waals surface area contributed by atoms with Gasteiger partial charge in [-0.25, -0.2) is 4.98 Å². The van der Waals surface area contributed by atoms with Crippen LogP contribution in [0, 0.1) is 0 Å². The van der Waals surface area contributed by atoms with E-state index in [1.165, 1.54) is 18.2 Å². The van der Waals surface area contributed by atoms with Gasteiger partial charge in [0.05, 0.1) is 18.1 Å². The van der Waals surface area contributed by atoms with Crippen LogP contribution in [0.15, 0.2) is 42.9 Å². The molecule has 0 radical (unpaired) electrons. The van der Waals surface area contributed by atoms with Crippen molar-refractivity contribution in [1.82, 2.24) is 19.9 Å². The molecule has 152 valence electrons. The quantitative estimate of drug-likeness (QED) is 0.626. The Morgan fingerprint density at radius 1 is 1.04 bits per heavy atom. The van der Waals surface area contributed by atoms with Crippen LogP contribution in [0.3, 0.4) is 0 Å². The molecule has 4 heterocycles. The maximum atomic E-state index is 6.21. The van der Waals surface area contributed by atoms with Gasteiger partial charge >= 0.3 is 0 Å². The van der Waals surface area contributed by atoms with Gasteiger partial charge in [0.15, 0.2) is 0 Å². The predicted molar refractivity (Wildman–Crippen MR) is 119 cm³/mol. The smallest absolute Gasteiger partial charge is 0.233 e. The zero-order valence-electron chi connectivity index (χ0n) is 15.6. The molecule has 2 saturated heterocycles. The summed E-state index contributed by atoms with van der Waals surface area (Å²) in [5.74, 6) is 0.639. The summed E-state index contributed by atoms with van der Waals surface area (Å²) in [6.45, 7) is 0. The van der Waals surface area contributed by atoms with Crippen molar-refractivity contribution >= 4 is 48.1 Å². The fraction of sp³-hybridized carbons (Fsp3) is 0.400. The van der Waals surface area contributed by atoms with Crippen LogP contribution >= 0.6 is 37.2 Å². The minimum Gasteiger partial charge on any atom is -0.473 e. The Labute approximate surface area is 183 Å². The molecule has 1 aromatic carbocycles. The summed E-state index contributed by atoms with van der Waals surface area (Å²) >= 11 is 0. The number of nitrogens with one attached hydrogen (secondary N) is 1. The molecule has 3 aromatic rings. The number of H-pyrrole nitrogens is 1. The van der Waals surface area contributed by atoms with Crippen molar-refractivity contribution in [3.8, 4) is 17.1 Å². The lowest BCUT2D eigenvalue weighted by molar-refractivity contribution is 0.0631. The lowest BCUT2D eigenvalue weighted by atomic mass is 10.0. The molecule has 2 aromatic heterocycles. The number of hydrogen-bond acceptors (Lipinski definition) is 4. The second kappa shape index (κ2) is 9.31. The predicted octanol–water partition coefficient (Wildman–Crippen LogP) is 4.89. The molecular formula is C20H25Cl3N4O. The lowest BCUT2D eigenvalue weighted by Crippen LogP contribution is -2.43. The standard InChI is InChI=1S/C20H22N4O.3ClH/c1-24-15-3-4-16(24)10-17(9-15)25-20-12-21-11-19(23-20)13-2-5-18-14(8-13)6-7-22-18;;;/h2,5-8,11-12,15-17,22H,3-4,9-10H2,1H3;3*1H. The summed E-state index contributed by atoms with van der Waals surface area (Å²) in [4.78, 5) is 14.8. The third-order valence-corrected chi connectivity index (χ3v) is 5.80. The SMILES string of the molecule is CN1C2CCC1CC(Oc1cncc(-c3ccc4[nH]ccc4c3)n1)C2.Cl.Cl.Cl. The molecule has 0 spiro atoms. The third-order valence-electron chi connectivity index (χ3n) is 5.80. The highest BCUT2D eigenvalue weighted by atomic mass is 35.5. The second-order valence-electron chi connectivity index (χ2n) is 7.28. The molecule has 2 atom stereocenters. The number of halogens is 3. The highest BCUT2D eigenvalue weighted by molar-refractivity contribution is 5.86. The second-order valence-corrected chi connectivity index (χ2v) is 7.28. The van der Waals surface area contributed by atoms with Crippen molar-refractivity contribution in [1.29, 1.82) is 0 Å². The first-order valence-corrected chi connectivity index (χ1v) is 9.04. The van der Waals surface area contributed by atoms with E-state index >= 15 is 0 Å². The fourth-order valence-electron chi connectivity index (χ4n) is 4.39. The first-order chi connectivity index (χ1) is 12.3. The zero-order chi connectivity index (χ0) is 16.8. The third kappa shape index (κ3) is 4.23. The molecule has 2 aliphatic heterocycles. The molecule has 0 amide bonds. The maximum absolute atomic E-state index is 6.21. The van der Waals surface area contributed by atoms with Crippen LogP contribution in [-0.4, -0.2) is 45.1 Å². The molecule has 2 bridgehead atoms. The number of fused-ring (bicyclic) bond motifs is 3. The Morgan fingerprint density at radius 2 is 1.79 bits per heavy atom. The van der Waals surface area contributed by atoms with E-state index in [1.807, 2.05) is 6.20 Å². The first kappa shape index (κ1) is 22.8. The molecule has 28 heavy (non-hydrogen) atoms. The summed E-state index contributed by atoms with van der Waals surface area (Å²) in [7, 11) is 2.25. The van der Waals surface area contributed by atoms with E-state index in [2.05, 4.69) is 46.2 Å². The number of piperidine rings is 1. The Hall–Kier alpha value is -1.53. The molecule has 5 nitrogen and oxygen atoms in total. The van der Waals surface area contributed by atoms with Gasteiger partial charge < -0.3 is 14.6 Å². The van der Waals surface area contributed by atoms with Crippen molar-refractivity contribution in [3.63, 3.8) is 0 Å². The van der Waals surface area contributed by atoms with Gasteiger partial charge in [0.2, 0.25) is 5.88 Å². The summed E-state index contributed by atoms with van der Waals surface area (Å²) in [6.07, 6.45) is 10.5. The van der Waals surface area contributed by atoms with Crippen LogP contribution in [0.25, 0.3) is 22.2 Å². The molecule has 5 rings (SSSR count). The van der Waals surface area contributed by atoms with Crippen LogP contribution in [-0.2, 0) is 0 Å². The van der Waals surface area contributed by atoms with Gasteiger partial charge in [0, 0.05) is 34.7 Å². The van der Waals surface area contributed by atoms with Crippen LogP contribution in [0.1, 0.15) is 25.7 Å². The lowest BCUT2D eigenvalue weighted by Gasteiger charge is -2.35. The average Bonchev–Trinajstić information content (AvgIpc) is 3.16. The highest BCUT2D eigenvalue weighted by Gasteiger charge is 2.39. The van der Waals surface area contributed by atoms with Crippen LogP contribution in [0.2, 0.25) is 0 Å². The van der Waals surface area contributed by atoms with Crippen LogP contribution < -0.4 is 4.74 Å². The number of benzene rings is 1. The molecule has 1 N–H and O–H groups in total. The van der Waals surface area contributed by atoms with Gasteiger partial charge in [-0.3, -0.25) is 4.98 Å². The monoisotopic (exact) mass is 442 g/mol. The molecule has 2 fully saturated rings. The van der Waals surface area contributed by atoms with Crippen molar-refractivity contribution in [2.24, 2.45) is 0 Å². The molecule has 8 heteroatoms. The topological polar surface area (TPSA) is 54.0 Å². The normalized spacial score (nSPS) is 23.4. The van der Waals surface area contributed by atoms with E-state index in [0.29, 0.717) is 18.0 Å². The Morgan fingerprint density at radius 3 is 2.54 bits per heavy atom. The average molecular weight is 444 g/mol. The molecule has 2 aliphatic rings. The fourth-order valence-corrected chi connectivity index (χ4v) is 4.39. The van der Waals surface area contributed by atoms with Crippen LogP contribution in [0.5, 0.6) is 5.88 Å². The number of aromatic amines is 1. The van der Waals surface area contributed by atoms with E-state index in [1.54, 1.807) is 12.4 Å². The Kier molecular flexibility index (Phi) is 7.57. The van der Waals surface area contributed by atoms with Crippen molar-refractivity contribution in [2.45, 2.75) is 43.9 Å². The van der Waals surface area contributed by atoms with E-state index < -0.39 is 0 Å². The van der Waals surface area contributed by atoms with Gasteiger partial charge in [-0.2, -0.15) is 0 Å². The molecular weight excluding hydrogens is 419 g/mol. The minimum absolute atomic E-state index is 0. The number of ether oxygens (including phenoxy) is 1. The number of hydrogen-bond donors (Lipinski definition) is 1. The molecule has 2 unspecified atom stereocenters. The van der Waals surface area contributed by atoms with E-state index in [9.17, 15) is 0 Å². The van der Waals surface area contributed by atoms with Crippen LogP contribution in [0.4, 0.5) is 0 Å². The van der Waals surface area contributed by atoms with Gasteiger partial charge in [-0.05, 0) is 50.9 Å². The van der Waals surface area contributed by atoms with Crippen molar-refractivity contribution in [3.05, 3.63) is 42.9 Å². The number of nitrogens with zero attached hydrogens (tertiary/aromatic N) is 3. The largest absolute Gasteiger partial charge is 0.473 e. The highest BCUT2D eigenvalue weighted by Crippen LogP contribution is 2.35. The summed E-state index contributed by atoms with van der Waals surface area (Å²) in [5.41, 5.74) is 3.05. The minimum atomic E-state index is 0. The number of aromatic nitrogens is 3. The number of rotatable bonds is 3. The summed E-state index contributed by atoms with van der Waals surface area (Å²) < 4.78 is 6.21. The van der Waals surface area contributed by atoms with Gasteiger partial charge in [-0.15, -0.1) is 37.2 Å². The summed E-state index contributed by atoms with van der Waals surface area (Å²) in [5, 5.41) is 1.18. The van der Waals surface area contributed by atoms with E-state index in [4.69, 9.17) is 9.72 Å². The van der Waals surface area contributed by atoms with E-state index in [0.717, 1.165) is 29.6 Å².